The number of carboxylic acid groups (broad SMARTS) is 1. The molecule has 92 valence electrons. The molecular weight excluding hydrogens is 267 g/mol. The third-order valence-electron chi connectivity index (χ3n) is 2.09. The lowest BCUT2D eigenvalue weighted by molar-refractivity contribution is -0.136. The number of carboxylic acids is 1. The molecule has 0 saturated carbocycles. The first-order valence-corrected chi connectivity index (χ1v) is 5.49. The average Bonchev–Trinajstić information content (AvgIpc) is 2.25. The molecule has 0 aromatic heterocycles. The fraction of sp³-hybridized carbons (Fsp3) is 0.273. The third-order valence-corrected chi connectivity index (χ3v) is 2.65. The predicted molar refractivity (Wildman–Crippen MR) is 64.2 cm³/mol. The Labute approximate surface area is 108 Å². The van der Waals surface area contributed by atoms with Crippen molar-refractivity contribution in [1.82, 2.24) is 0 Å². The molecule has 1 rings (SSSR count). The molecule has 0 spiro atoms. The van der Waals surface area contributed by atoms with Gasteiger partial charge in [-0.2, -0.15) is 0 Å². The van der Waals surface area contributed by atoms with Crippen LogP contribution in [-0.4, -0.2) is 24.0 Å². The summed E-state index contributed by atoms with van der Waals surface area (Å²) in [5.74, 6) is -1.05. The molecule has 0 radical (unpaired) electrons. The highest BCUT2D eigenvalue weighted by molar-refractivity contribution is 6.37. The molecule has 0 saturated heterocycles. The van der Waals surface area contributed by atoms with Crippen molar-refractivity contribution in [2.45, 2.75) is 12.8 Å². The monoisotopic (exact) mass is 276 g/mol. The number of ketones is 1. The lowest BCUT2D eigenvalue weighted by atomic mass is 10.1. The number of rotatable bonds is 5. The molecule has 0 bridgehead atoms. The van der Waals surface area contributed by atoms with Crippen LogP contribution >= 0.6 is 23.2 Å². The van der Waals surface area contributed by atoms with Crippen LogP contribution in [0.2, 0.25) is 10.0 Å². The highest BCUT2D eigenvalue weighted by Gasteiger charge is 2.14. The van der Waals surface area contributed by atoms with Crippen LogP contribution in [0, 0.1) is 0 Å². The van der Waals surface area contributed by atoms with Crippen LogP contribution in [0.1, 0.15) is 23.2 Å². The molecular formula is C11H10Cl2O4. The zero-order chi connectivity index (χ0) is 13.0. The Hall–Kier alpha value is -1.26. The Bertz CT molecular complexity index is 434. The highest BCUT2D eigenvalue weighted by atomic mass is 35.5. The van der Waals surface area contributed by atoms with Crippen molar-refractivity contribution in [3.05, 3.63) is 27.7 Å². The van der Waals surface area contributed by atoms with Crippen molar-refractivity contribution < 1.29 is 19.4 Å². The van der Waals surface area contributed by atoms with E-state index in [4.69, 9.17) is 33.0 Å². The molecule has 1 aromatic carbocycles. The van der Waals surface area contributed by atoms with E-state index in [0.29, 0.717) is 5.75 Å². The molecule has 4 nitrogen and oxygen atoms in total. The molecule has 0 aliphatic heterocycles. The van der Waals surface area contributed by atoms with Crippen LogP contribution in [0.25, 0.3) is 0 Å². The number of hydrogen-bond donors (Lipinski definition) is 1. The zero-order valence-electron chi connectivity index (χ0n) is 9.00. The lowest BCUT2D eigenvalue weighted by Crippen LogP contribution is -2.04. The van der Waals surface area contributed by atoms with E-state index in [2.05, 4.69) is 0 Å². The Morgan fingerprint density at radius 1 is 1.24 bits per heavy atom. The van der Waals surface area contributed by atoms with Crippen LogP contribution in [0.4, 0.5) is 0 Å². The van der Waals surface area contributed by atoms with Crippen LogP contribution in [0.3, 0.4) is 0 Å². The van der Waals surface area contributed by atoms with E-state index in [0.717, 1.165) is 0 Å². The van der Waals surface area contributed by atoms with E-state index < -0.39 is 5.97 Å². The lowest BCUT2D eigenvalue weighted by Gasteiger charge is -2.07. The summed E-state index contributed by atoms with van der Waals surface area (Å²) in [6.07, 6.45) is -0.311. The van der Waals surface area contributed by atoms with Crippen molar-refractivity contribution >= 4 is 35.0 Å². The van der Waals surface area contributed by atoms with Gasteiger partial charge in [0.2, 0.25) is 0 Å². The van der Waals surface area contributed by atoms with Gasteiger partial charge < -0.3 is 9.84 Å². The molecule has 0 atom stereocenters. The molecule has 0 fully saturated rings. The molecule has 0 amide bonds. The summed E-state index contributed by atoms with van der Waals surface area (Å²) in [7, 11) is 1.42. The molecule has 0 heterocycles. The molecule has 6 heteroatoms. The van der Waals surface area contributed by atoms with Crippen molar-refractivity contribution in [2.24, 2.45) is 0 Å². The van der Waals surface area contributed by atoms with Crippen LogP contribution in [0.5, 0.6) is 5.75 Å². The number of carbonyl (C=O) groups is 2. The summed E-state index contributed by atoms with van der Waals surface area (Å²) >= 11 is 11.7. The summed E-state index contributed by atoms with van der Waals surface area (Å²) in [6, 6.07) is 2.83. The number of halogens is 2. The molecule has 0 aliphatic carbocycles. The minimum Gasteiger partial charge on any atom is -0.494 e. The van der Waals surface area contributed by atoms with Crippen molar-refractivity contribution in [3.8, 4) is 5.75 Å². The normalized spacial score (nSPS) is 10.1. The van der Waals surface area contributed by atoms with Gasteiger partial charge in [-0.15, -0.1) is 0 Å². The maximum absolute atomic E-state index is 11.6. The van der Waals surface area contributed by atoms with Crippen LogP contribution in [-0.2, 0) is 4.79 Å². The molecule has 1 aromatic rings. The molecule has 17 heavy (non-hydrogen) atoms. The first-order chi connectivity index (χ1) is 7.95. The number of aliphatic carboxylic acids is 1. The van der Waals surface area contributed by atoms with Crippen molar-refractivity contribution in [1.29, 1.82) is 0 Å². The summed E-state index contributed by atoms with van der Waals surface area (Å²) < 4.78 is 4.94. The summed E-state index contributed by atoms with van der Waals surface area (Å²) in [5.41, 5.74) is 0.280. The van der Waals surface area contributed by atoms with Crippen LogP contribution < -0.4 is 4.74 Å². The van der Waals surface area contributed by atoms with Crippen LogP contribution in [0.15, 0.2) is 12.1 Å². The molecule has 1 N–H and O–H groups in total. The van der Waals surface area contributed by atoms with Crippen molar-refractivity contribution in [2.75, 3.05) is 7.11 Å². The predicted octanol–water partition coefficient (Wildman–Crippen LogP) is 3.05. The quantitative estimate of drug-likeness (QED) is 0.840. The second-order valence-electron chi connectivity index (χ2n) is 3.29. The van der Waals surface area contributed by atoms with Gasteiger partial charge >= 0.3 is 5.97 Å². The minimum atomic E-state index is -1.02. The van der Waals surface area contributed by atoms with E-state index >= 15 is 0 Å². The van der Waals surface area contributed by atoms with Gasteiger partial charge in [-0.3, -0.25) is 9.59 Å². The van der Waals surface area contributed by atoms with Gasteiger partial charge in [0.15, 0.2) is 11.5 Å². The van der Waals surface area contributed by atoms with E-state index in [1.807, 2.05) is 0 Å². The minimum absolute atomic E-state index is 0.0890. The molecule has 0 unspecified atom stereocenters. The van der Waals surface area contributed by atoms with Gasteiger partial charge in [-0.25, -0.2) is 0 Å². The van der Waals surface area contributed by atoms with E-state index in [9.17, 15) is 9.59 Å². The largest absolute Gasteiger partial charge is 0.494 e. The smallest absolute Gasteiger partial charge is 0.303 e. The SMILES string of the molecule is COc1c(Cl)cc(C(=O)CCC(=O)O)cc1Cl. The van der Waals surface area contributed by atoms with Gasteiger partial charge in [-0.1, -0.05) is 23.2 Å². The summed E-state index contributed by atoms with van der Waals surface area (Å²) in [5, 5.41) is 8.92. The Morgan fingerprint density at radius 3 is 2.18 bits per heavy atom. The van der Waals surface area contributed by atoms with E-state index in [1.54, 1.807) is 0 Å². The molecule has 0 aliphatic rings. The van der Waals surface area contributed by atoms with Gasteiger partial charge in [0.1, 0.15) is 0 Å². The number of benzene rings is 1. The maximum atomic E-state index is 11.6. The Kier molecular flexibility index (Phi) is 4.78. The standard InChI is InChI=1S/C11H10Cl2O4/c1-17-11-7(12)4-6(5-8(11)13)9(14)2-3-10(15)16/h4-5H,2-3H2,1H3,(H,15,16). The first-order valence-electron chi connectivity index (χ1n) is 4.73. The number of carbonyl (C=O) groups excluding carboxylic acids is 1. The topological polar surface area (TPSA) is 63.6 Å². The second-order valence-corrected chi connectivity index (χ2v) is 4.10. The third kappa shape index (κ3) is 3.61. The van der Waals surface area contributed by atoms with E-state index in [-0.39, 0.29) is 34.2 Å². The highest BCUT2D eigenvalue weighted by Crippen LogP contribution is 2.34. The first kappa shape index (κ1) is 13.8. The number of ether oxygens (including phenoxy) is 1. The Balaban J connectivity index is 2.92. The second kappa shape index (κ2) is 5.89. The maximum Gasteiger partial charge on any atom is 0.303 e. The van der Waals surface area contributed by atoms with E-state index in [1.165, 1.54) is 19.2 Å². The zero-order valence-corrected chi connectivity index (χ0v) is 10.5. The average molecular weight is 277 g/mol. The van der Waals surface area contributed by atoms with Gasteiger partial charge in [0.25, 0.3) is 0 Å². The number of hydrogen-bond acceptors (Lipinski definition) is 3. The fourth-order valence-electron chi connectivity index (χ4n) is 1.28. The Morgan fingerprint density at radius 2 is 1.76 bits per heavy atom. The van der Waals surface area contributed by atoms with Crippen molar-refractivity contribution in [3.63, 3.8) is 0 Å². The number of Topliss-reactive ketones (excluding diaryl/α,β-unsaturated/α-hetero) is 1. The van der Waals surface area contributed by atoms with Gasteiger partial charge in [0.05, 0.1) is 23.6 Å². The summed E-state index contributed by atoms with van der Waals surface area (Å²) in [4.78, 5) is 22.0. The fourth-order valence-corrected chi connectivity index (χ4v) is 1.92. The number of methoxy groups -OCH3 is 1. The van der Waals surface area contributed by atoms with Gasteiger partial charge in [0, 0.05) is 12.0 Å². The summed E-state index contributed by atoms with van der Waals surface area (Å²) in [6.45, 7) is 0. The van der Waals surface area contributed by atoms with Gasteiger partial charge in [-0.05, 0) is 12.1 Å².